The van der Waals surface area contributed by atoms with Crippen molar-refractivity contribution in [2.75, 3.05) is 0 Å². The van der Waals surface area contributed by atoms with E-state index in [1.54, 1.807) is 0 Å². The van der Waals surface area contributed by atoms with Gasteiger partial charge < -0.3 is 0 Å². The molecule has 0 radical (unpaired) electrons. The summed E-state index contributed by atoms with van der Waals surface area (Å²) in [5.74, 6) is 0. The van der Waals surface area contributed by atoms with Crippen molar-refractivity contribution in [3.05, 3.63) is 65.2 Å². The van der Waals surface area contributed by atoms with Crippen molar-refractivity contribution in [1.82, 2.24) is 0 Å². The molecule has 0 bridgehead atoms. The van der Waals surface area contributed by atoms with Crippen LogP contribution in [0.1, 0.15) is 58.2 Å². The fraction of sp³-hybridized carbons (Fsp3) is 0.364. The summed E-state index contributed by atoms with van der Waals surface area (Å²) in [7, 11) is 0. The first-order valence-electron chi connectivity index (χ1n) is 7.98. The van der Waals surface area contributed by atoms with Crippen molar-refractivity contribution >= 4 is 6.08 Å². The lowest BCUT2D eigenvalue weighted by atomic mass is 9.97. The predicted molar refractivity (Wildman–Crippen MR) is 103 cm³/mol. The zero-order valence-electron chi connectivity index (χ0n) is 14.1. The van der Waals surface area contributed by atoms with E-state index < -0.39 is 0 Å². The molecule has 0 unspecified atom stereocenters. The van der Waals surface area contributed by atoms with Crippen LogP contribution in [0, 0.1) is 6.92 Å². The Morgan fingerprint density at radius 1 is 0.909 bits per heavy atom. The van der Waals surface area contributed by atoms with Crippen LogP contribution in [0.2, 0.25) is 0 Å². The first kappa shape index (κ1) is 20.2. The van der Waals surface area contributed by atoms with E-state index in [9.17, 15) is 0 Å². The van der Waals surface area contributed by atoms with Crippen LogP contribution in [0.4, 0.5) is 0 Å². The molecule has 0 nitrogen and oxygen atoms in total. The van der Waals surface area contributed by atoms with Crippen molar-refractivity contribution in [3.63, 3.8) is 0 Å². The van der Waals surface area contributed by atoms with Crippen LogP contribution in [-0.4, -0.2) is 0 Å². The molecule has 0 aliphatic rings. The van der Waals surface area contributed by atoms with E-state index in [0.717, 1.165) is 6.42 Å². The summed E-state index contributed by atoms with van der Waals surface area (Å²) in [5, 5.41) is 0. The maximum Gasteiger partial charge on any atom is -0.0178 e. The summed E-state index contributed by atoms with van der Waals surface area (Å²) in [6.45, 7) is 10.7. The van der Waals surface area contributed by atoms with Gasteiger partial charge in [0.1, 0.15) is 0 Å². The molecule has 0 heteroatoms. The number of aryl methyl sites for hydroxylation is 2. The van der Waals surface area contributed by atoms with Crippen molar-refractivity contribution in [1.29, 1.82) is 0 Å². The van der Waals surface area contributed by atoms with E-state index in [2.05, 4.69) is 89.2 Å². The van der Waals surface area contributed by atoms with Crippen LogP contribution >= 0.6 is 0 Å². The monoisotopic (exact) mass is 296 g/mol. The van der Waals surface area contributed by atoms with E-state index in [1.807, 2.05) is 0 Å². The second-order valence-corrected chi connectivity index (χ2v) is 5.34. The highest BCUT2D eigenvalue weighted by Gasteiger charge is 2.02. The fourth-order valence-corrected chi connectivity index (χ4v) is 2.26. The fourth-order valence-electron chi connectivity index (χ4n) is 2.26. The number of hydrogen-bond donors (Lipinski definition) is 0. The molecule has 0 aliphatic heterocycles. The SMILES string of the molecule is C.C/C=C\c1cc(-c2cccc(C)c2)ccc1CC.CCC. The van der Waals surface area contributed by atoms with Crippen LogP contribution in [0.15, 0.2) is 48.5 Å². The Kier molecular flexibility index (Phi) is 9.95. The molecule has 0 atom stereocenters. The topological polar surface area (TPSA) is 0 Å². The molecule has 0 aromatic heterocycles. The summed E-state index contributed by atoms with van der Waals surface area (Å²) in [6.07, 6.45) is 6.63. The van der Waals surface area contributed by atoms with Gasteiger partial charge in [0.15, 0.2) is 0 Å². The standard InChI is InChI=1S/C18H20.C3H8.CH4/c1-4-7-16-13-18(11-10-15(16)5-2)17-9-6-8-14(3)12-17;1-3-2;/h4,6-13H,5H2,1-3H3;3H2,1-2H3;1H4/b7-4-;;. The molecule has 0 spiro atoms. The van der Waals surface area contributed by atoms with Crippen molar-refractivity contribution < 1.29 is 0 Å². The maximum absolute atomic E-state index is 2.29. The van der Waals surface area contributed by atoms with E-state index >= 15 is 0 Å². The Hall–Kier alpha value is -1.82. The van der Waals surface area contributed by atoms with Crippen LogP contribution in [-0.2, 0) is 6.42 Å². The highest BCUT2D eigenvalue weighted by Crippen LogP contribution is 2.24. The van der Waals surface area contributed by atoms with Gasteiger partial charge in [-0.2, -0.15) is 0 Å². The molecular weight excluding hydrogens is 264 g/mol. The highest BCUT2D eigenvalue weighted by molar-refractivity contribution is 5.69. The van der Waals surface area contributed by atoms with Gasteiger partial charge in [-0.15, -0.1) is 0 Å². The normalized spacial score (nSPS) is 9.86. The van der Waals surface area contributed by atoms with Crippen molar-refractivity contribution in [2.24, 2.45) is 0 Å². The van der Waals surface area contributed by atoms with Crippen LogP contribution in [0.3, 0.4) is 0 Å². The lowest BCUT2D eigenvalue weighted by Gasteiger charge is -2.08. The molecule has 0 amide bonds. The third kappa shape index (κ3) is 5.89. The molecule has 0 N–H and O–H groups in total. The van der Waals surface area contributed by atoms with Gasteiger partial charge in [-0.05, 0) is 48.6 Å². The Labute approximate surface area is 137 Å². The minimum atomic E-state index is 0. The molecule has 22 heavy (non-hydrogen) atoms. The lowest BCUT2D eigenvalue weighted by molar-refractivity contribution is 1.09. The molecular formula is C22H32. The average molecular weight is 296 g/mol. The van der Waals surface area contributed by atoms with Crippen LogP contribution < -0.4 is 0 Å². The van der Waals surface area contributed by atoms with Crippen molar-refractivity contribution in [3.8, 4) is 11.1 Å². The van der Waals surface area contributed by atoms with Gasteiger partial charge in [0, 0.05) is 0 Å². The van der Waals surface area contributed by atoms with Crippen LogP contribution in [0.5, 0.6) is 0 Å². The molecule has 2 aromatic carbocycles. The number of rotatable bonds is 3. The minimum Gasteiger partial charge on any atom is -0.0871 e. The number of hydrogen-bond acceptors (Lipinski definition) is 0. The number of allylic oxidation sites excluding steroid dienone is 1. The summed E-state index contributed by atoms with van der Waals surface area (Å²) in [6, 6.07) is 15.4. The third-order valence-corrected chi connectivity index (χ3v) is 3.22. The van der Waals surface area contributed by atoms with E-state index in [1.165, 1.54) is 34.2 Å². The number of benzene rings is 2. The molecule has 120 valence electrons. The predicted octanol–water partition coefficient (Wildman–Crippen LogP) is 7.31. The Morgan fingerprint density at radius 3 is 2.09 bits per heavy atom. The average Bonchev–Trinajstić information content (AvgIpc) is 2.48. The zero-order valence-corrected chi connectivity index (χ0v) is 14.1. The first-order valence-corrected chi connectivity index (χ1v) is 7.98. The maximum atomic E-state index is 2.29. The first-order chi connectivity index (χ1) is 10.2. The van der Waals surface area contributed by atoms with E-state index in [-0.39, 0.29) is 7.43 Å². The van der Waals surface area contributed by atoms with E-state index in [0.29, 0.717) is 0 Å². The molecule has 2 aromatic rings. The molecule has 0 heterocycles. The summed E-state index contributed by atoms with van der Waals surface area (Å²) >= 11 is 0. The van der Waals surface area contributed by atoms with E-state index in [4.69, 9.17) is 0 Å². The van der Waals surface area contributed by atoms with Gasteiger partial charge in [-0.25, -0.2) is 0 Å². The van der Waals surface area contributed by atoms with Gasteiger partial charge in [0.25, 0.3) is 0 Å². The molecule has 0 fully saturated rings. The van der Waals surface area contributed by atoms with Crippen LogP contribution in [0.25, 0.3) is 17.2 Å². The van der Waals surface area contributed by atoms with Gasteiger partial charge in [-0.3, -0.25) is 0 Å². The molecule has 0 aliphatic carbocycles. The lowest BCUT2D eigenvalue weighted by Crippen LogP contribution is -1.88. The Bertz CT molecular complexity index is 576. The summed E-state index contributed by atoms with van der Waals surface area (Å²) in [5.41, 5.74) is 6.63. The Balaban J connectivity index is 0.00000102. The second-order valence-electron chi connectivity index (χ2n) is 5.34. The largest absolute Gasteiger partial charge is 0.0871 e. The third-order valence-electron chi connectivity index (χ3n) is 3.22. The van der Waals surface area contributed by atoms with Gasteiger partial charge in [0.2, 0.25) is 0 Å². The molecule has 0 saturated heterocycles. The zero-order chi connectivity index (χ0) is 15.7. The molecule has 0 saturated carbocycles. The highest BCUT2D eigenvalue weighted by atomic mass is 14.1. The second kappa shape index (κ2) is 10.8. The summed E-state index contributed by atoms with van der Waals surface area (Å²) in [4.78, 5) is 0. The minimum absolute atomic E-state index is 0. The quantitative estimate of drug-likeness (QED) is 0.557. The van der Waals surface area contributed by atoms with Gasteiger partial charge in [-0.1, -0.05) is 88.7 Å². The van der Waals surface area contributed by atoms with Gasteiger partial charge in [0.05, 0.1) is 0 Å². The summed E-state index contributed by atoms with van der Waals surface area (Å²) < 4.78 is 0. The molecule has 2 rings (SSSR count). The smallest absolute Gasteiger partial charge is 0.0178 e. The van der Waals surface area contributed by atoms with Gasteiger partial charge >= 0.3 is 0 Å². The van der Waals surface area contributed by atoms with Crippen molar-refractivity contribution in [2.45, 2.75) is 54.9 Å². The Morgan fingerprint density at radius 2 is 1.55 bits per heavy atom.